The van der Waals surface area contributed by atoms with Crippen LogP contribution in [0.3, 0.4) is 0 Å². The topological polar surface area (TPSA) is 86.9 Å². The molecule has 3 N–H and O–H groups in total. The molecule has 2 fully saturated rings. The number of likely N-dealkylation sites (tertiary alicyclic amines) is 1. The maximum absolute atomic E-state index is 11.7. The molecule has 3 aliphatic heterocycles. The summed E-state index contributed by atoms with van der Waals surface area (Å²) < 4.78 is 5.57. The number of H-pyrrole nitrogens is 1. The number of anilines is 1. The summed E-state index contributed by atoms with van der Waals surface area (Å²) in [4.78, 5) is 25.1. The number of rotatable bonds is 7. The molecule has 0 radical (unpaired) electrons. The Bertz CT molecular complexity index is 1040. The molecule has 4 heterocycles. The normalized spacial score (nSPS) is 24.5. The molecule has 5 rings (SSSR count). The molecule has 0 spiro atoms. The van der Waals surface area contributed by atoms with E-state index in [1.165, 1.54) is 22.2 Å². The second kappa shape index (κ2) is 9.68. The number of benzene rings is 1. The van der Waals surface area contributed by atoms with Crippen molar-refractivity contribution in [3.8, 4) is 0 Å². The Kier molecular flexibility index (Phi) is 6.67. The first kappa shape index (κ1) is 22.7. The number of hydrogen-bond acceptors (Lipinski definition) is 6. The molecule has 8 heteroatoms. The third-order valence-electron chi connectivity index (χ3n) is 7.35. The van der Waals surface area contributed by atoms with E-state index in [0.717, 1.165) is 74.9 Å². The van der Waals surface area contributed by atoms with Crippen molar-refractivity contribution in [1.82, 2.24) is 9.88 Å². The molecule has 7 nitrogen and oxygen atoms in total. The van der Waals surface area contributed by atoms with Crippen molar-refractivity contribution in [3.05, 3.63) is 29.5 Å². The highest BCUT2D eigenvalue weighted by atomic mass is 32.2. The van der Waals surface area contributed by atoms with Crippen LogP contribution < -0.4 is 10.6 Å². The first-order valence-electron chi connectivity index (χ1n) is 12.2. The van der Waals surface area contributed by atoms with Gasteiger partial charge in [0.2, 0.25) is 5.91 Å². The standard InChI is InChI=1S/C25H35N5O2S/c1-16-12-17-14-20(28-23(17)22(13-16)29(2)19-6-10-32-11-7-19)25-27-18(15-33-25)5-9-30-8-3-4-21(30)24(26)31/h12-14,18-19,21,28H,3-11,15H2,1-2H3,(H2,26,31)/t18-,21?/m0/s1. The molecule has 33 heavy (non-hydrogen) atoms. The molecule has 1 amide bonds. The van der Waals surface area contributed by atoms with Gasteiger partial charge in [0.1, 0.15) is 5.04 Å². The van der Waals surface area contributed by atoms with E-state index in [1.54, 1.807) is 0 Å². The number of primary amides is 1. The summed E-state index contributed by atoms with van der Waals surface area (Å²) in [6.07, 6.45) is 5.05. The smallest absolute Gasteiger partial charge is 0.234 e. The molecule has 1 unspecified atom stereocenters. The number of nitrogens with two attached hydrogens (primary N) is 1. The summed E-state index contributed by atoms with van der Waals surface area (Å²) in [5, 5.41) is 2.34. The summed E-state index contributed by atoms with van der Waals surface area (Å²) >= 11 is 1.83. The minimum atomic E-state index is -0.188. The second-order valence-corrected chi connectivity index (χ2v) is 10.7. The molecule has 0 aliphatic carbocycles. The zero-order chi connectivity index (χ0) is 22.9. The van der Waals surface area contributed by atoms with E-state index in [-0.39, 0.29) is 18.0 Å². The number of nitrogens with one attached hydrogen (secondary N) is 1. The summed E-state index contributed by atoms with van der Waals surface area (Å²) in [7, 11) is 2.21. The van der Waals surface area contributed by atoms with Gasteiger partial charge in [-0.15, -0.1) is 11.8 Å². The quantitative estimate of drug-likeness (QED) is 0.650. The fourth-order valence-corrected chi connectivity index (χ4v) is 6.56. The number of nitrogens with zero attached hydrogens (tertiary/aromatic N) is 3. The Labute approximate surface area is 200 Å². The molecule has 2 aromatic rings. The highest BCUT2D eigenvalue weighted by Gasteiger charge is 2.30. The van der Waals surface area contributed by atoms with E-state index >= 15 is 0 Å². The summed E-state index contributed by atoms with van der Waals surface area (Å²) in [6.45, 7) is 5.71. The predicted octanol–water partition coefficient (Wildman–Crippen LogP) is 3.29. The van der Waals surface area contributed by atoms with Gasteiger partial charge in [0.25, 0.3) is 0 Å². The third kappa shape index (κ3) is 4.79. The summed E-state index contributed by atoms with van der Waals surface area (Å²) in [6, 6.07) is 7.50. The van der Waals surface area contributed by atoms with E-state index in [2.05, 4.69) is 47.0 Å². The van der Waals surface area contributed by atoms with Gasteiger partial charge in [-0.25, -0.2) is 0 Å². The lowest BCUT2D eigenvalue weighted by Gasteiger charge is -2.33. The van der Waals surface area contributed by atoms with Crippen LogP contribution >= 0.6 is 11.8 Å². The molecular weight excluding hydrogens is 434 g/mol. The maximum atomic E-state index is 11.7. The Morgan fingerprint density at radius 3 is 2.91 bits per heavy atom. The first-order chi connectivity index (χ1) is 16.0. The molecule has 178 valence electrons. The summed E-state index contributed by atoms with van der Waals surface area (Å²) in [5.74, 6) is 0.806. The largest absolute Gasteiger partial charge is 0.381 e. The molecule has 1 aromatic heterocycles. The molecule has 2 atom stereocenters. The van der Waals surface area contributed by atoms with Crippen LogP contribution in [0.4, 0.5) is 5.69 Å². The number of aryl methyl sites for hydroxylation is 1. The van der Waals surface area contributed by atoms with Crippen molar-refractivity contribution < 1.29 is 9.53 Å². The Hall–Kier alpha value is -2.03. The van der Waals surface area contributed by atoms with Gasteiger partial charge in [-0.1, -0.05) is 0 Å². The lowest BCUT2D eigenvalue weighted by molar-refractivity contribution is -0.122. The van der Waals surface area contributed by atoms with Crippen molar-refractivity contribution in [2.24, 2.45) is 10.7 Å². The molecule has 0 saturated carbocycles. The van der Waals surface area contributed by atoms with E-state index in [1.807, 2.05) is 11.8 Å². The summed E-state index contributed by atoms with van der Waals surface area (Å²) in [5.41, 5.74) is 10.4. The van der Waals surface area contributed by atoms with Crippen LogP contribution in [0.25, 0.3) is 10.9 Å². The number of ether oxygens (including phenoxy) is 1. The fourth-order valence-electron chi connectivity index (χ4n) is 5.48. The number of hydrogen-bond donors (Lipinski definition) is 2. The molecular formula is C25H35N5O2S. The SMILES string of the molecule is Cc1cc(N(C)C2CCOCC2)c2[nH]c(C3=N[C@@H](CCN4CCCC4C(N)=O)CS3)cc2c1. The average Bonchev–Trinajstić information content (AvgIpc) is 3.56. The van der Waals surface area contributed by atoms with Crippen LogP contribution in [0.15, 0.2) is 23.2 Å². The van der Waals surface area contributed by atoms with E-state index in [4.69, 9.17) is 15.5 Å². The van der Waals surface area contributed by atoms with Crippen LogP contribution in [0, 0.1) is 6.92 Å². The number of carbonyl (C=O) groups excluding carboxylic acids is 1. The third-order valence-corrected chi connectivity index (χ3v) is 8.50. The van der Waals surface area contributed by atoms with Gasteiger partial charge in [0, 0.05) is 44.0 Å². The zero-order valence-corrected chi connectivity index (χ0v) is 20.5. The Balaban J connectivity index is 1.32. The van der Waals surface area contributed by atoms with Crippen LogP contribution in [0.2, 0.25) is 0 Å². The highest BCUT2D eigenvalue weighted by Crippen LogP contribution is 2.34. The van der Waals surface area contributed by atoms with Crippen molar-refractivity contribution in [3.63, 3.8) is 0 Å². The highest BCUT2D eigenvalue weighted by molar-refractivity contribution is 8.14. The Morgan fingerprint density at radius 1 is 1.30 bits per heavy atom. The lowest BCUT2D eigenvalue weighted by Crippen LogP contribution is -2.41. The van der Waals surface area contributed by atoms with Gasteiger partial charge in [0.05, 0.1) is 29.0 Å². The number of aliphatic imine (C=N–C) groups is 1. The van der Waals surface area contributed by atoms with E-state index < -0.39 is 0 Å². The maximum Gasteiger partial charge on any atom is 0.234 e. The van der Waals surface area contributed by atoms with Crippen molar-refractivity contribution in [2.45, 2.75) is 57.2 Å². The van der Waals surface area contributed by atoms with E-state index in [0.29, 0.717) is 6.04 Å². The van der Waals surface area contributed by atoms with Crippen molar-refractivity contribution in [2.75, 3.05) is 44.0 Å². The lowest BCUT2D eigenvalue weighted by atomic mass is 10.0. The van der Waals surface area contributed by atoms with Gasteiger partial charge in [-0.3, -0.25) is 14.7 Å². The van der Waals surface area contributed by atoms with Crippen LogP contribution in [0.5, 0.6) is 0 Å². The number of aromatic amines is 1. The van der Waals surface area contributed by atoms with Gasteiger partial charge >= 0.3 is 0 Å². The minimum absolute atomic E-state index is 0.0920. The monoisotopic (exact) mass is 469 g/mol. The van der Waals surface area contributed by atoms with E-state index in [9.17, 15) is 4.79 Å². The van der Waals surface area contributed by atoms with Gasteiger partial charge in [-0.2, -0.15) is 0 Å². The van der Waals surface area contributed by atoms with Crippen LogP contribution in [-0.2, 0) is 9.53 Å². The number of fused-ring (bicyclic) bond motifs is 1. The van der Waals surface area contributed by atoms with Crippen LogP contribution in [0.1, 0.15) is 43.4 Å². The Morgan fingerprint density at radius 2 is 2.12 bits per heavy atom. The predicted molar refractivity (Wildman–Crippen MR) is 136 cm³/mol. The molecule has 1 aromatic carbocycles. The number of thioether (sulfide) groups is 1. The van der Waals surface area contributed by atoms with Crippen LogP contribution in [-0.4, -0.2) is 78.1 Å². The number of carbonyl (C=O) groups is 1. The molecule has 3 aliphatic rings. The molecule has 0 bridgehead atoms. The van der Waals surface area contributed by atoms with Crippen molar-refractivity contribution in [1.29, 1.82) is 0 Å². The second-order valence-electron chi connectivity index (χ2n) is 9.67. The minimum Gasteiger partial charge on any atom is -0.381 e. The van der Waals surface area contributed by atoms with Gasteiger partial charge in [0.15, 0.2) is 0 Å². The van der Waals surface area contributed by atoms with Gasteiger partial charge in [-0.05, 0) is 69.3 Å². The first-order valence-corrected chi connectivity index (χ1v) is 13.2. The average molecular weight is 470 g/mol. The van der Waals surface area contributed by atoms with Crippen molar-refractivity contribution >= 4 is 39.3 Å². The zero-order valence-electron chi connectivity index (χ0n) is 19.7. The molecule has 2 saturated heterocycles. The fraction of sp³-hybridized carbons (Fsp3) is 0.600. The number of amides is 1. The van der Waals surface area contributed by atoms with Gasteiger partial charge < -0.3 is 20.4 Å². The number of aromatic nitrogens is 1.